The average molecular weight is 416 g/mol. The molecule has 0 aromatic heterocycles. The summed E-state index contributed by atoms with van der Waals surface area (Å²) in [6.45, 7) is 3.10. The molecule has 1 saturated carbocycles. The SMILES string of the molecule is CC1CCCC(CN=C(N)Nc2ccccc2)(N(C)C)C1.I. The Labute approximate surface area is 151 Å². The van der Waals surface area contributed by atoms with Crippen molar-refractivity contribution in [3.05, 3.63) is 30.3 Å². The lowest BCUT2D eigenvalue weighted by Gasteiger charge is -2.44. The molecule has 2 rings (SSSR count). The molecular formula is C17H29IN4. The average Bonchev–Trinajstić information content (AvgIpc) is 2.46. The van der Waals surface area contributed by atoms with Crippen molar-refractivity contribution in [1.29, 1.82) is 0 Å². The Morgan fingerprint density at radius 3 is 2.64 bits per heavy atom. The van der Waals surface area contributed by atoms with Gasteiger partial charge in [0.05, 0.1) is 6.54 Å². The molecular weight excluding hydrogens is 387 g/mol. The maximum atomic E-state index is 6.04. The van der Waals surface area contributed by atoms with Crippen LogP contribution in [-0.4, -0.2) is 37.0 Å². The standard InChI is InChI=1S/C17H28N4.HI/c1-14-8-7-11-17(12-14,21(2)3)13-19-16(18)20-15-9-5-4-6-10-15;/h4-6,9-10,14H,7-8,11-13H2,1-3H3,(H3,18,19,20);1H. The van der Waals surface area contributed by atoms with E-state index >= 15 is 0 Å². The lowest BCUT2D eigenvalue weighted by molar-refractivity contribution is 0.0846. The van der Waals surface area contributed by atoms with Gasteiger partial charge in [-0.25, -0.2) is 0 Å². The number of rotatable bonds is 4. The lowest BCUT2D eigenvalue weighted by atomic mass is 9.75. The number of aliphatic imine (C=N–C) groups is 1. The van der Waals surface area contributed by atoms with Gasteiger partial charge in [0.1, 0.15) is 0 Å². The van der Waals surface area contributed by atoms with Gasteiger partial charge < -0.3 is 16.0 Å². The van der Waals surface area contributed by atoms with E-state index < -0.39 is 0 Å². The third kappa shape index (κ3) is 5.12. The number of benzene rings is 1. The highest BCUT2D eigenvalue weighted by atomic mass is 127. The highest BCUT2D eigenvalue weighted by molar-refractivity contribution is 14.0. The number of nitrogens with zero attached hydrogens (tertiary/aromatic N) is 2. The molecule has 0 saturated heterocycles. The number of para-hydroxylation sites is 1. The molecule has 22 heavy (non-hydrogen) atoms. The molecule has 0 heterocycles. The fourth-order valence-electron chi connectivity index (χ4n) is 3.26. The van der Waals surface area contributed by atoms with E-state index in [1.807, 2.05) is 30.3 Å². The van der Waals surface area contributed by atoms with Crippen molar-refractivity contribution >= 4 is 35.6 Å². The molecule has 1 aromatic carbocycles. The first kappa shape index (κ1) is 19.2. The van der Waals surface area contributed by atoms with Gasteiger partial charge in [-0.2, -0.15) is 0 Å². The fraction of sp³-hybridized carbons (Fsp3) is 0.588. The number of likely N-dealkylation sites (N-methyl/N-ethyl adjacent to an activating group) is 1. The molecule has 1 fully saturated rings. The minimum Gasteiger partial charge on any atom is -0.370 e. The summed E-state index contributed by atoms with van der Waals surface area (Å²) in [6.07, 6.45) is 5.01. The predicted octanol–water partition coefficient (Wildman–Crippen LogP) is 3.54. The van der Waals surface area contributed by atoms with E-state index in [1.165, 1.54) is 25.7 Å². The van der Waals surface area contributed by atoms with Crippen LogP contribution in [0.2, 0.25) is 0 Å². The number of nitrogens with one attached hydrogen (secondary N) is 1. The largest absolute Gasteiger partial charge is 0.370 e. The number of hydrogen-bond donors (Lipinski definition) is 2. The molecule has 5 heteroatoms. The van der Waals surface area contributed by atoms with Gasteiger partial charge in [0.25, 0.3) is 0 Å². The summed E-state index contributed by atoms with van der Waals surface area (Å²) in [6, 6.07) is 9.95. The zero-order chi connectivity index (χ0) is 15.3. The predicted molar refractivity (Wildman–Crippen MR) is 106 cm³/mol. The first-order chi connectivity index (χ1) is 10.0. The number of hydrogen-bond acceptors (Lipinski definition) is 2. The highest BCUT2D eigenvalue weighted by Crippen LogP contribution is 2.35. The van der Waals surface area contributed by atoms with Gasteiger partial charge in [0.15, 0.2) is 5.96 Å². The molecule has 2 atom stereocenters. The molecule has 3 N–H and O–H groups in total. The molecule has 0 aliphatic heterocycles. The van der Waals surface area contributed by atoms with Crippen LogP contribution in [-0.2, 0) is 0 Å². The van der Waals surface area contributed by atoms with Gasteiger partial charge in [0, 0.05) is 11.2 Å². The molecule has 0 bridgehead atoms. The van der Waals surface area contributed by atoms with Crippen molar-refractivity contribution in [1.82, 2.24) is 4.90 Å². The van der Waals surface area contributed by atoms with Crippen molar-refractivity contribution in [2.75, 3.05) is 26.0 Å². The van der Waals surface area contributed by atoms with Crippen LogP contribution in [0, 0.1) is 5.92 Å². The molecule has 1 aliphatic carbocycles. The van der Waals surface area contributed by atoms with E-state index in [9.17, 15) is 0 Å². The summed E-state index contributed by atoms with van der Waals surface area (Å²) in [5, 5.41) is 3.16. The van der Waals surface area contributed by atoms with Gasteiger partial charge >= 0.3 is 0 Å². The molecule has 0 amide bonds. The maximum Gasteiger partial charge on any atom is 0.193 e. The number of guanidine groups is 1. The van der Waals surface area contributed by atoms with Gasteiger partial charge in [-0.3, -0.25) is 4.99 Å². The second-order valence-corrected chi connectivity index (χ2v) is 6.51. The maximum absolute atomic E-state index is 6.04. The topological polar surface area (TPSA) is 53.6 Å². The first-order valence-electron chi connectivity index (χ1n) is 7.81. The Morgan fingerprint density at radius 1 is 1.36 bits per heavy atom. The quantitative estimate of drug-likeness (QED) is 0.449. The van der Waals surface area contributed by atoms with Crippen molar-refractivity contribution in [3.63, 3.8) is 0 Å². The van der Waals surface area contributed by atoms with Crippen LogP contribution >= 0.6 is 24.0 Å². The third-order valence-corrected chi connectivity index (χ3v) is 4.61. The fourth-order valence-corrected chi connectivity index (χ4v) is 3.26. The normalized spacial score (nSPS) is 25.6. The Morgan fingerprint density at radius 2 is 2.05 bits per heavy atom. The number of anilines is 1. The van der Waals surface area contributed by atoms with Crippen LogP contribution in [0.1, 0.15) is 32.6 Å². The first-order valence-corrected chi connectivity index (χ1v) is 7.81. The minimum atomic E-state index is 0. The minimum absolute atomic E-state index is 0. The van der Waals surface area contributed by atoms with Crippen LogP contribution in [0.5, 0.6) is 0 Å². The van der Waals surface area contributed by atoms with Crippen molar-refractivity contribution in [2.24, 2.45) is 16.6 Å². The summed E-state index contributed by atoms with van der Waals surface area (Å²) in [7, 11) is 4.32. The lowest BCUT2D eigenvalue weighted by Crippen LogP contribution is -2.50. The summed E-state index contributed by atoms with van der Waals surface area (Å²) in [4.78, 5) is 6.95. The smallest absolute Gasteiger partial charge is 0.193 e. The van der Waals surface area contributed by atoms with E-state index in [4.69, 9.17) is 5.73 Å². The van der Waals surface area contributed by atoms with Crippen LogP contribution in [0.3, 0.4) is 0 Å². The molecule has 2 unspecified atom stereocenters. The second-order valence-electron chi connectivity index (χ2n) is 6.51. The second kappa shape index (κ2) is 8.72. The van der Waals surface area contributed by atoms with Crippen molar-refractivity contribution < 1.29 is 0 Å². The van der Waals surface area contributed by atoms with E-state index in [-0.39, 0.29) is 29.5 Å². The van der Waals surface area contributed by atoms with Gasteiger partial charge in [-0.1, -0.05) is 38.0 Å². The van der Waals surface area contributed by atoms with E-state index in [0.717, 1.165) is 18.2 Å². The number of nitrogens with two attached hydrogens (primary N) is 1. The third-order valence-electron chi connectivity index (χ3n) is 4.61. The van der Waals surface area contributed by atoms with Gasteiger partial charge in [-0.05, 0) is 45.0 Å². The Bertz CT molecular complexity index is 475. The molecule has 0 radical (unpaired) electrons. The molecule has 4 nitrogen and oxygen atoms in total. The van der Waals surface area contributed by atoms with E-state index in [0.29, 0.717) is 5.96 Å². The summed E-state index contributed by atoms with van der Waals surface area (Å²) < 4.78 is 0. The zero-order valence-corrected chi connectivity index (χ0v) is 16.2. The van der Waals surface area contributed by atoms with Gasteiger partial charge in [0.2, 0.25) is 0 Å². The molecule has 0 spiro atoms. The summed E-state index contributed by atoms with van der Waals surface area (Å²) in [5.74, 6) is 1.26. The van der Waals surface area contributed by atoms with Crippen molar-refractivity contribution in [2.45, 2.75) is 38.1 Å². The Kier molecular flexibility index (Phi) is 7.62. The molecule has 1 aromatic rings. The Hall–Kier alpha value is -0.820. The van der Waals surface area contributed by atoms with Crippen LogP contribution in [0.4, 0.5) is 5.69 Å². The highest BCUT2D eigenvalue weighted by Gasteiger charge is 2.36. The molecule has 124 valence electrons. The van der Waals surface area contributed by atoms with Crippen molar-refractivity contribution in [3.8, 4) is 0 Å². The summed E-state index contributed by atoms with van der Waals surface area (Å²) >= 11 is 0. The molecule has 1 aliphatic rings. The number of halogens is 1. The van der Waals surface area contributed by atoms with Gasteiger partial charge in [-0.15, -0.1) is 24.0 Å². The Balaban J connectivity index is 0.00000242. The van der Waals surface area contributed by atoms with Crippen LogP contribution in [0.15, 0.2) is 35.3 Å². The zero-order valence-electron chi connectivity index (χ0n) is 13.9. The van der Waals surface area contributed by atoms with E-state index in [1.54, 1.807) is 0 Å². The summed E-state index contributed by atoms with van der Waals surface area (Å²) in [5.41, 5.74) is 7.17. The van der Waals surface area contributed by atoms with Crippen LogP contribution in [0.25, 0.3) is 0 Å². The monoisotopic (exact) mass is 416 g/mol. The van der Waals surface area contributed by atoms with E-state index in [2.05, 4.69) is 36.2 Å². The van der Waals surface area contributed by atoms with Crippen LogP contribution < -0.4 is 11.1 Å².